The van der Waals surface area contributed by atoms with E-state index >= 15 is 0 Å². The van der Waals surface area contributed by atoms with E-state index in [4.69, 9.17) is 0 Å². The van der Waals surface area contributed by atoms with Crippen molar-refractivity contribution >= 4 is 0 Å². The third-order valence-electron chi connectivity index (χ3n) is 5.76. The molecule has 1 aliphatic heterocycles. The van der Waals surface area contributed by atoms with Crippen molar-refractivity contribution in [1.29, 1.82) is 0 Å². The molecular weight excluding hydrogens is 356 g/mol. The molecule has 0 unspecified atom stereocenters. The van der Waals surface area contributed by atoms with Crippen LogP contribution >= 0.6 is 0 Å². The summed E-state index contributed by atoms with van der Waals surface area (Å²) in [4.78, 5) is 13.1. The molecule has 1 saturated heterocycles. The number of H-pyrrole nitrogens is 1. The molecule has 2 aromatic carbocycles. The molecule has 1 fully saturated rings. The summed E-state index contributed by atoms with van der Waals surface area (Å²) < 4.78 is 0. The average Bonchev–Trinajstić information content (AvgIpc) is 3.18. The Morgan fingerprint density at radius 2 is 1.45 bits per heavy atom. The number of benzene rings is 2. The molecule has 3 aromatic rings. The lowest BCUT2D eigenvalue weighted by atomic mass is 9.87. The highest BCUT2D eigenvalue weighted by Crippen LogP contribution is 2.23. The Labute approximate surface area is 174 Å². The number of rotatable bonds is 5. The van der Waals surface area contributed by atoms with E-state index in [2.05, 4.69) is 76.9 Å². The molecule has 0 saturated carbocycles. The number of hydrogen-bond donors (Lipinski definition) is 1. The standard InChI is InChI=1S/C25H32N4/c1-25(2,3)22-11-9-20(10-12-22)18-28-13-15-29(16-14-28)19-23-17-26-24(27-23)21-7-5-4-6-8-21/h4-12,17H,13-16,18-19H2,1-3H3,(H,26,27). The highest BCUT2D eigenvalue weighted by Gasteiger charge is 2.18. The molecule has 152 valence electrons. The lowest BCUT2D eigenvalue weighted by Crippen LogP contribution is -2.45. The van der Waals surface area contributed by atoms with E-state index in [9.17, 15) is 0 Å². The highest BCUT2D eigenvalue weighted by atomic mass is 15.3. The van der Waals surface area contributed by atoms with Crippen molar-refractivity contribution in [1.82, 2.24) is 19.8 Å². The molecular formula is C25H32N4. The molecule has 0 bridgehead atoms. The summed E-state index contributed by atoms with van der Waals surface area (Å²) >= 11 is 0. The molecule has 4 rings (SSSR count). The van der Waals surface area contributed by atoms with E-state index < -0.39 is 0 Å². The van der Waals surface area contributed by atoms with Crippen molar-refractivity contribution < 1.29 is 0 Å². The van der Waals surface area contributed by atoms with Crippen LogP contribution in [0.5, 0.6) is 0 Å². The number of aromatic nitrogens is 2. The molecule has 0 aliphatic carbocycles. The fourth-order valence-electron chi connectivity index (χ4n) is 3.90. The van der Waals surface area contributed by atoms with Gasteiger partial charge in [-0.25, -0.2) is 4.98 Å². The van der Waals surface area contributed by atoms with Crippen LogP contribution in [0.2, 0.25) is 0 Å². The first-order valence-corrected chi connectivity index (χ1v) is 10.6. The first-order valence-electron chi connectivity index (χ1n) is 10.6. The SMILES string of the molecule is CC(C)(C)c1ccc(CN2CCN(Cc3cnc(-c4ccccc4)[nH]3)CC2)cc1. The Hall–Kier alpha value is -2.43. The van der Waals surface area contributed by atoms with Crippen LogP contribution in [-0.2, 0) is 18.5 Å². The Morgan fingerprint density at radius 1 is 0.828 bits per heavy atom. The average molecular weight is 389 g/mol. The number of piperazine rings is 1. The summed E-state index contributed by atoms with van der Waals surface area (Å²) in [6.45, 7) is 13.2. The predicted octanol–water partition coefficient (Wildman–Crippen LogP) is 4.69. The molecule has 0 atom stereocenters. The molecule has 4 nitrogen and oxygen atoms in total. The summed E-state index contributed by atoms with van der Waals surface area (Å²) in [6.07, 6.45) is 1.98. The van der Waals surface area contributed by atoms with Crippen LogP contribution in [0.4, 0.5) is 0 Å². The van der Waals surface area contributed by atoms with Gasteiger partial charge in [0.25, 0.3) is 0 Å². The number of nitrogens with zero attached hydrogens (tertiary/aromatic N) is 3. The van der Waals surface area contributed by atoms with Gasteiger partial charge in [-0.3, -0.25) is 9.80 Å². The quantitative estimate of drug-likeness (QED) is 0.688. The van der Waals surface area contributed by atoms with E-state index in [0.717, 1.165) is 50.7 Å². The first-order chi connectivity index (χ1) is 14.0. The number of aromatic amines is 1. The normalized spacial score (nSPS) is 16.2. The van der Waals surface area contributed by atoms with Gasteiger partial charge in [0.1, 0.15) is 5.82 Å². The topological polar surface area (TPSA) is 35.2 Å². The lowest BCUT2D eigenvalue weighted by Gasteiger charge is -2.34. The van der Waals surface area contributed by atoms with E-state index in [-0.39, 0.29) is 5.41 Å². The maximum absolute atomic E-state index is 4.55. The fourth-order valence-corrected chi connectivity index (χ4v) is 3.90. The Bertz CT molecular complexity index is 898. The second-order valence-electron chi connectivity index (χ2n) is 9.12. The van der Waals surface area contributed by atoms with Crippen molar-refractivity contribution in [3.63, 3.8) is 0 Å². The van der Waals surface area contributed by atoms with Gasteiger partial charge in [-0.2, -0.15) is 0 Å². The Balaban J connectivity index is 1.27. The van der Waals surface area contributed by atoms with E-state index in [1.54, 1.807) is 0 Å². The molecule has 2 heterocycles. The van der Waals surface area contributed by atoms with Crippen LogP contribution in [0, 0.1) is 0 Å². The zero-order valence-corrected chi connectivity index (χ0v) is 17.9. The van der Waals surface area contributed by atoms with E-state index in [1.165, 1.54) is 16.8 Å². The van der Waals surface area contributed by atoms with Crippen molar-refractivity contribution in [3.05, 3.63) is 77.6 Å². The Morgan fingerprint density at radius 3 is 2.07 bits per heavy atom. The van der Waals surface area contributed by atoms with Gasteiger partial charge in [0.15, 0.2) is 0 Å². The summed E-state index contributed by atoms with van der Waals surface area (Å²) in [5.74, 6) is 0.956. The van der Waals surface area contributed by atoms with Crippen molar-refractivity contribution in [2.75, 3.05) is 26.2 Å². The summed E-state index contributed by atoms with van der Waals surface area (Å²) in [5.41, 5.74) is 5.36. The van der Waals surface area contributed by atoms with Crippen LogP contribution in [0.3, 0.4) is 0 Å². The van der Waals surface area contributed by atoms with Gasteiger partial charge < -0.3 is 4.98 Å². The summed E-state index contributed by atoms with van der Waals surface area (Å²) in [5, 5.41) is 0. The molecule has 1 N–H and O–H groups in total. The maximum Gasteiger partial charge on any atom is 0.137 e. The van der Waals surface area contributed by atoms with Gasteiger partial charge in [0.05, 0.1) is 0 Å². The highest BCUT2D eigenvalue weighted by molar-refractivity contribution is 5.54. The second kappa shape index (κ2) is 8.52. The third kappa shape index (κ3) is 5.14. The predicted molar refractivity (Wildman–Crippen MR) is 120 cm³/mol. The van der Waals surface area contributed by atoms with Gasteiger partial charge in [-0.1, -0.05) is 75.4 Å². The molecule has 0 spiro atoms. The zero-order chi connectivity index (χ0) is 20.3. The smallest absolute Gasteiger partial charge is 0.137 e. The lowest BCUT2D eigenvalue weighted by molar-refractivity contribution is 0.121. The second-order valence-corrected chi connectivity index (χ2v) is 9.12. The Kier molecular flexibility index (Phi) is 5.84. The molecule has 0 radical (unpaired) electrons. The van der Waals surface area contributed by atoms with Crippen LogP contribution in [-0.4, -0.2) is 45.9 Å². The summed E-state index contributed by atoms with van der Waals surface area (Å²) in [6, 6.07) is 19.5. The third-order valence-corrected chi connectivity index (χ3v) is 5.76. The van der Waals surface area contributed by atoms with Gasteiger partial charge in [-0.15, -0.1) is 0 Å². The first kappa shape index (κ1) is 19.9. The molecule has 4 heteroatoms. The minimum absolute atomic E-state index is 0.219. The largest absolute Gasteiger partial charge is 0.341 e. The van der Waals surface area contributed by atoms with Crippen LogP contribution in [0.25, 0.3) is 11.4 Å². The van der Waals surface area contributed by atoms with Gasteiger partial charge in [0, 0.05) is 56.7 Å². The van der Waals surface area contributed by atoms with Crippen molar-refractivity contribution in [3.8, 4) is 11.4 Å². The van der Waals surface area contributed by atoms with Crippen molar-refractivity contribution in [2.24, 2.45) is 0 Å². The van der Waals surface area contributed by atoms with Gasteiger partial charge >= 0.3 is 0 Å². The monoisotopic (exact) mass is 388 g/mol. The molecule has 29 heavy (non-hydrogen) atoms. The molecule has 1 aliphatic rings. The van der Waals surface area contributed by atoms with Gasteiger partial charge in [-0.05, 0) is 16.5 Å². The van der Waals surface area contributed by atoms with E-state index in [1.807, 2.05) is 24.4 Å². The van der Waals surface area contributed by atoms with E-state index in [0.29, 0.717) is 0 Å². The fraction of sp³-hybridized carbons (Fsp3) is 0.400. The number of nitrogens with one attached hydrogen (secondary N) is 1. The minimum atomic E-state index is 0.219. The van der Waals surface area contributed by atoms with Gasteiger partial charge in [0.2, 0.25) is 0 Å². The summed E-state index contributed by atoms with van der Waals surface area (Å²) in [7, 11) is 0. The maximum atomic E-state index is 4.55. The number of hydrogen-bond acceptors (Lipinski definition) is 3. The minimum Gasteiger partial charge on any atom is -0.341 e. The molecule has 1 aromatic heterocycles. The van der Waals surface area contributed by atoms with Crippen LogP contribution in [0.1, 0.15) is 37.6 Å². The zero-order valence-electron chi connectivity index (χ0n) is 17.9. The molecule has 0 amide bonds. The van der Waals surface area contributed by atoms with Crippen molar-refractivity contribution in [2.45, 2.75) is 39.3 Å². The van der Waals surface area contributed by atoms with Crippen LogP contribution < -0.4 is 0 Å². The number of imidazole rings is 1. The van der Waals surface area contributed by atoms with Crippen LogP contribution in [0.15, 0.2) is 60.8 Å².